The molecular weight excluding hydrogens is 524 g/mol. The van der Waals surface area contributed by atoms with E-state index in [0.717, 1.165) is 72.0 Å². The maximum Gasteiger partial charge on any atom is 1.00 e. The third kappa shape index (κ3) is 56.4. The Balaban J connectivity index is -0.0000000635. The molecule has 12 heteroatoms. The van der Waals surface area contributed by atoms with Crippen LogP contribution >= 0.6 is 0 Å². The van der Waals surface area contributed by atoms with E-state index in [1.807, 2.05) is 0 Å². The fourth-order valence-corrected chi connectivity index (χ4v) is 3.91. The molecule has 0 saturated heterocycles. The molecule has 0 aromatic heterocycles. The van der Waals surface area contributed by atoms with Crippen molar-refractivity contribution in [2.75, 3.05) is 131 Å². The van der Waals surface area contributed by atoms with Gasteiger partial charge in [-0.3, -0.25) is 0 Å². The molecule has 0 aromatic carbocycles. The van der Waals surface area contributed by atoms with E-state index >= 15 is 0 Å². The van der Waals surface area contributed by atoms with E-state index in [1.165, 1.54) is 58.9 Å². The van der Waals surface area contributed by atoms with Gasteiger partial charge in [-0.25, -0.2) is 0 Å². The van der Waals surface area contributed by atoms with Gasteiger partial charge >= 0.3 is 75.4 Å². The van der Waals surface area contributed by atoms with Crippen molar-refractivity contribution in [3.8, 4) is 0 Å². The summed E-state index contributed by atoms with van der Waals surface area (Å²) < 4.78 is 0. The number of likely N-dealkylation sites (N-methyl/N-ethyl adjacent to an activating group) is 8. The van der Waals surface area contributed by atoms with Crippen LogP contribution in [0.1, 0.15) is 83.1 Å². The standard InChI is InChI=1S/4C8H19N2.4Li/c4*1-4-9-7-8-10(5-2)6-3;;;;/h4*4-8H2,1-3H3;;;;/q4*-1;4*+1/p+3. The molecule has 0 aliphatic heterocycles. The Bertz CT molecular complexity index is 332. The number of quaternary nitrogens is 3. The Hall–Kier alpha value is 2.07. The van der Waals surface area contributed by atoms with Gasteiger partial charge in [0.25, 0.3) is 0 Å². The summed E-state index contributed by atoms with van der Waals surface area (Å²) >= 11 is 0. The van der Waals surface area contributed by atoms with E-state index < -0.39 is 0 Å². The van der Waals surface area contributed by atoms with Gasteiger partial charge in [0.1, 0.15) is 0 Å². The maximum atomic E-state index is 4.29. The summed E-state index contributed by atoms with van der Waals surface area (Å²) in [5, 5.41) is 17.1. The molecule has 0 fully saturated rings. The molecule has 8 nitrogen and oxygen atoms in total. The Labute approximate surface area is 327 Å². The second kappa shape index (κ2) is 60.4. The van der Waals surface area contributed by atoms with Crippen LogP contribution in [0.5, 0.6) is 0 Å². The summed E-state index contributed by atoms with van der Waals surface area (Å²) in [6, 6.07) is 0. The number of hydrogen-bond acceptors (Lipinski definition) is 1. The van der Waals surface area contributed by atoms with E-state index in [4.69, 9.17) is 0 Å². The van der Waals surface area contributed by atoms with Gasteiger partial charge in [-0.05, 0) is 61.2 Å². The Morgan fingerprint density at radius 2 is 0.591 bits per heavy atom. The van der Waals surface area contributed by atoms with Crippen LogP contribution in [0.2, 0.25) is 0 Å². The van der Waals surface area contributed by atoms with Crippen molar-refractivity contribution in [2.45, 2.75) is 83.1 Å². The SMILES string of the molecule is CC[N-]CCN(CC)CC.CC[N-]CC[NH+](CC)CC.CC[N-]CC[NH+](CC)CC.CC[N-]CC[NH+](CC)CC.[Li+].[Li+].[Li+].[Li+]. The molecule has 0 rings (SSSR count). The third-order valence-corrected chi connectivity index (χ3v) is 7.23. The minimum Gasteiger partial charge on any atom is -0.661 e. The summed E-state index contributed by atoms with van der Waals surface area (Å²) in [4.78, 5) is 7.34. The van der Waals surface area contributed by atoms with Crippen LogP contribution in [0.4, 0.5) is 0 Å². The third-order valence-electron chi connectivity index (χ3n) is 7.23. The van der Waals surface area contributed by atoms with Gasteiger partial charge in [-0.2, -0.15) is 26.2 Å². The van der Waals surface area contributed by atoms with Crippen molar-refractivity contribution in [3.63, 3.8) is 0 Å². The number of hydrogen-bond donors (Lipinski definition) is 3. The molecule has 0 atom stereocenters. The molecule has 0 bridgehead atoms. The predicted molar refractivity (Wildman–Crippen MR) is 184 cm³/mol. The van der Waals surface area contributed by atoms with Crippen molar-refractivity contribution < 1.29 is 90.1 Å². The molecule has 0 aliphatic carbocycles. The van der Waals surface area contributed by atoms with Gasteiger partial charge in [-0.1, -0.05) is 61.2 Å². The molecule has 0 spiro atoms. The topological polar surface area (TPSA) is 73.0 Å². The molecule has 0 radical (unpaired) electrons. The fourth-order valence-electron chi connectivity index (χ4n) is 3.91. The van der Waals surface area contributed by atoms with Crippen LogP contribution in [0.15, 0.2) is 0 Å². The van der Waals surface area contributed by atoms with Crippen LogP contribution in [-0.2, 0) is 0 Å². The zero-order valence-corrected chi connectivity index (χ0v) is 33.9. The minimum atomic E-state index is 0. The van der Waals surface area contributed by atoms with Crippen molar-refractivity contribution in [1.29, 1.82) is 0 Å². The monoisotopic (exact) mass is 604 g/mol. The normalized spacial score (nSPS) is 9.82. The van der Waals surface area contributed by atoms with E-state index in [2.05, 4.69) is 109 Å². The quantitative estimate of drug-likeness (QED) is 0.0745. The molecule has 0 unspecified atom stereocenters. The zero-order chi connectivity index (χ0) is 31.3. The summed E-state index contributed by atoms with van der Waals surface area (Å²) in [6.07, 6.45) is 0. The minimum absolute atomic E-state index is 0. The van der Waals surface area contributed by atoms with Gasteiger partial charge in [-0.15, -0.1) is 6.54 Å². The molecule has 44 heavy (non-hydrogen) atoms. The molecular formula is C32H79Li4N8+3. The molecule has 248 valence electrons. The van der Waals surface area contributed by atoms with Crippen LogP contribution in [0.3, 0.4) is 0 Å². The maximum absolute atomic E-state index is 4.29. The van der Waals surface area contributed by atoms with E-state index in [0.29, 0.717) is 0 Å². The van der Waals surface area contributed by atoms with Crippen LogP contribution < -0.4 is 90.1 Å². The smallest absolute Gasteiger partial charge is 0.661 e. The van der Waals surface area contributed by atoms with Gasteiger partial charge in [0.15, 0.2) is 0 Å². The number of nitrogens with zero attached hydrogens (tertiary/aromatic N) is 5. The van der Waals surface area contributed by atoms with Gasteiger partial charge in [0.2, 0.25) is 0 Å². The largest absolute Gasteiger partial charge is 1.00 e. The first-order chi connectivity index (χ1) is 19.4. The van der Waals surface area contributed by atoms with Crippen molar-refractivity contribution in [2.24, 2.45) is 0 Å². The predicted octanol–water partition coefficient (Wildman–Crippen LogP) is -9.35. The summed E-state index contributed by atoms with van der Waals surface area (Å²) in [5.74, 6) is 0. The number of nitrogens with one attached hydrogen (secondary N) is 3. The van der Waals surface area contributed by atoms with E-state index in [9.17, 15) is 0 Å². The Morgan fingerprint density at radius 1 is 0.364 bits per heavy atom. The molecule has 0 amide bonds. The van der Waals surface area contributed by atoms with E-state index in [1.54, 1.807) is 14.7 Å². The molecule has 3 N–H and O–H groups in total. The average molecular weight is 604 g/mol. The van der Waals surface area contributed by atoms with Crippen LogP contribution in [0.25, 0.3) is 21.3 Å². The average Bonchev–Trinajstić information content (AvgIpc) is 2.99. The van der Waals surface area contributed by atoms with Crippen molar-refractivity contribution in [1.82, 2.24) is 4.90 Å². The zero-order valence-electron chi connectivity index (χ0n) is 33.9. The molecule has 0 heterocycles. The van der Waals surface area contributed by atoms with Gasteiger partial charge < -0.3 is 40.9 Å². The second-order valence-corrected chi connectivity index (χ2v) is 9.70. The fraction of sp³-hybridized carbons (Fsp3) is 1.00. The van der Waals surface area contributed by atoms with Gasteiger partial charge in [0.05, 0.1) is 58.9 Å². The summed E-state index contributed by atoms with van der Waals surface area (Å²) in [5.41, 5.74) is 0. The van der Waals surface area contributed by atoms with E-state index in [-0.39, 0.29) is 75.4 Å². The van der Waals surface area contributed by atoms with Gasteiger partial charge in [0, 0.05) is 0 Å². The van der Waals surface area contributed by atoms with Crippen molar-refractivity contribution in [3.05, 3.63) is 21.3 Å². The van der Waals surface area contributed by atoms with Crippen LogP contribution in [-0.4, -0.2) is 136 Å². The Kier molecular flexibility index (Phi) is 88.6. The summed E-state index contributed by atoms with van der Waals surface area (Å²) in [6.45, 7) is 48.5. The first-order valence-electron chi connectivity index (χ1n) is 17.1. The summed E-state index contributed by atoms with van der Waals surface area (Å²) in [7, 11) is 0. The first kappa shape index (κ1) is 64.6. The molecule has 0 saturated carbocycles. The Morgan fingerprint density at radius 3 is 0.773 bits per heavy atom. The number of rotatable bonds is 24. The molecule has 0 aliphatic rings. The van der Waals surface area contributed by atoms with Crippen LogP contribution in [0, 0.1) is 0 Å². The van der Waals surface area contributed by atoms with Crippen molar-refractivity contribution >= 4 is 0 Å². The second-order valence-electron chi connectivity index (χ2n) is 9.70. The first-order valence-corrected chi connectivity index (χ1v) is 17.1. The molecule has 0 aromatic rings.